The van der Waals surface area contributed by atoms with E-state index in [0.29, 0.717) is 0 Å². The van der Waals surface area contributed by atoms with E-state index in [0.717, 1.165) is 32.0 Å². The Balaban J connectivity index is 2.31. The molecule has 2 heteroatoms. The lowest BCUT2D eigenvalue weighted by atomic mass is 9.77. The number of aldehydes is 1. The van der Waals surface area contributed by atoms with Crippen LogP contribution in [0.5, 0.6) is 0 Å². The third-order valence-corrected chi connectivity index (χ3v) is 3.56. The normalized spacial score (nSPS) is 39.1. The fraction of sp³-hybridized carbons (Fsp3) is 0.727. The fourth-order valence-corrected chi connectivity index (χ4v) is 2.80. The Morgan fingerprint density at radius 2 is 2.15 bits per heavy atom. The predicted molar refractivity (Wildman–Crippen MR) is 50.2 cm³/mol. The van der Waals surface area contributed by atoms with Gasteiger partial charge in [0.05, 0.1) is 6.10 Å². The molecule has 1 N–H and O–H groups in total. The van der Waals surface area contributed by atoms with Crippen LogP contribution in [0.4, 0.5) is 0 Å². The summed E-state index contributed by atoms with van der Waals surface area (Å²) < 4.78 is 0. The van der Waals surface area contributed by atoms with Crippen LogP contribution in [0.3, 0.4) is 0 Å². The molecule has 2 rings (SSSR count). The van der Waals surface area contributed by atoms with E-state index in [-0.39, 0.29) is 17.9 Å². The molecule has 0 aromatic rings. The van der Waals surface area contributed by atoms with Crippen LogP contribution >= 0.6 is 0 Å². The van der Waals surface area contributed by atoms with Crippen molar-refractivity contribution >= 4 is 6.29 Å². The van der Waals surface area contributed by atoms with Crippen molar-refractivity contribution in [2.45, 2.75) is 38.7 Å². The van der Waals surface area contributed by atoms with Crippen LogP contribution in [0.25, 0.3) is 0 Å². The van der Waals surface area contributed by atoms with E-state index in [1.807, 2.05) is 0 Å². The number of aliphatic hydroxyl groups excluding tert-OH is 1. The van der Waals surface area contributed by atoms with Crippen molar-refractivity contribution in [1.29, 1.82) is 0 Å². The number of rotatable bonds is 1. The van der Waals surface area contributed by atoms with Crippen molar-refractivity contribution in [1.82, 2.24) is 0 Å². The van der Waals surface area contributed by atoms with Crippen LogP contribution in [0.1, 0.15) is 32.6 Å². The minimum absolute atomic E-state index is 0.0798. The molecule has 0 aromatic heterocycles. The summed E-state index contributed by atoms with van der Waals surface area (Å²) in [6.07, 6.45) is 4.60. The third-order valence-electron chi connectivity index (χ3n) is 3.56. The number of carbonyl (C=O) groups is 1. The van der Waals surface area contributed by atoms with Crippen molar-refractivity contribution in [2.75, 3.05) is 0 Å². The molecule has 0 bridgehead atoms. The second kappa shape index (κ2) is 3.26. The van der Waals surface area contributed by atoms with E-state index in [9.17, 15) is 9.90 Å². The quantitative estimate of drug-likeness (QED) is 0.492. The summed E-state index contributed by atoms with van der Waals surface area (Å²) in [6, 6.07) is 0. The van der Waals surface area contributed by atoms with Gasteiger partial charge in [0, 0.05) is 11.8 Å². The van der Waals surface area contributed by atoms with E-state index in [4.69, 9.17) is 0 Å². The van der Waals surface area contributed by atoms with Gasteiger partial charge in [-0.1, -0.05) is 11.1 Å². The number of carbonyl (C=O) groups excluding carboxylic acids is 1. The highest BCUT2D eigenvalue weighted by atomic mass is 16.3. The number of fused-ring (bicyclic) bond motifs is 1. The number of hydrogen-bond acceptors (Lipinski definition) is 2. The van der Waals surface area contributed by atoms with Crippen LogP contribution in [0.15, 0.2) is 11.1 Å². The van der Waals surface area contributed by atoms with Crippen molar-refractivity contribution < 1.29 is 9.90 Å². The summed E-state index contributed by atoms with van der Waals surface area (Å²) in [4.78, 5) is 10.8. The number of allylic oxidation sites excluding steroid dienone is 1. The standard InChI is InChI=1S/C11H16O2/c1-7-2-3-8(6-12)11-9(7)4-5-10(11)13/h6,8,10-11,13H,2-5H2,1H3/t8-,10-,11+/m0/s1. The Kier molecular flexibility index (Phi) is 2.24. The van der Waals surface area contributed by atoms with Crippen LogP contribution < -0.4 is 0 Å². The molecular weight excluding hydrogens is 164 g/mol. The van der Waals surface area contributed by atoms with Gasteiger partial charge >= 0.3 is 0 Å². The van der Waals surface area contributed by atoms with Gasteiger partial charge in [-0.2, -0.15) is 0 Å². The highest BCUT2D eigenvalue weighted by molar-refractivity contribution is 5.57. The summed E-state index contributed by atoms with van der Waals surface area (Å²) in [7, 11) is 0. The summed E-state index contributed by atoms with van der Waals surface area (Å²) in [6.45, 7) is 2.14. The first kappa shape index (κ1) is 8.95. The Morgan fingerprint density at radius 3 is 2.85 bits per heavy atom. The van der Waals surface area contributed by atoms with E-state index in [1.165, 1.54) is 11.1 Å². The topological polar surface area (TPSA) is 37.3 Å². The average molecular weight is 180 g/mol. The van der Waals surface area contributed by atoms with Crippen LogP contribution in [-0.4, -0.2) is 17.5 Å². The maximum atomic E-state index is 10.8. The van der Waals surface area contributed by atoms with E-state index in [1.54, 1.807) is 0 Å². The molecule has 0 radical (unpaired) electrons. The van der Waals surface area contributed by atoms with Crippen molar-refractivity contribution in [3.63, 3.8) is 0 Å². The minimum Gasteiger partial charge on any atom is -0.392 e. The highest BCUT2D eigenvalue weighted by Crippen LogP contribution is 2.44. The molecule has 72 valence electrons. The maximum absolute atomic E-state index is 10.8. The zero-order chi connectivity index (χ0) is 9.42. The first-order chi connectivity index (χ1) is 6.24. The molecule has 2 aliphatic rings. The van der Waals surface area contributed by atoms with Gasteiger partial charge < -0.3 is 9.90 Å². The molecule has 0 amide bonds. The second-order valence-corrected chi connectivity index (χ2v) is 4.28. The lowest BCUT2D eigenvalue weighted by Crippen LogP contribution is -2.28. The molecule has 3 atom stereocenters. The Bertz CT molecular complexity index is 255. The molecule has 0 saturated heterocycles. The molecule has 0 unspecified atom stereocenters. The molecule has 13 heavy (non-hydrogen) atoms. The molecule has 0 heterocycles. The molecule has 0 spiro atoms. The zero-order valence-corrected chi connectivity index (χ0v) is 7.99. The zero-order valence-electron chi connectivity index (χ0n) is 7.99. The summed E-state index contributed by atoms with van der Waals surface area (Å²) in [5.41, 5.74) is 2.79. The number of aliphatic hydroxyl groups is 1. The smallest absolute Gasteiger partial charge is 0.123 e. The Morgan fingerprint density at radius 1 is 1.38 bits per heavy atom. The molecule has 1 saturated carbocycles. The van der Waals surface area contributed by atoms with E-state index >= 15 is 0 Å². The third kappa shape index (κ3) is 1.33. The van der Waals surface area contributed by atoms with Gasteiger partial charge in [0.15, 0.2) is 0 Å². The van der Waals surface area contributed by atoms with Gasteiger partial charge in [-0.25, -0.2) is 0 Å². The first-order valence-corrected chi connectivity index (χ1v) is 5.06. The molecule has 0 aliphatic heterocycles. The van der Waals surface area contributed by atoms with Crippen molar-refractivity contribution in [3.8, 4) is 0 Å². The van der Waals surface area contributed by atoms with Gasteiger partial charge in [0.2, 0.25) is 0 Å². The molecular formula is C11H16O2. The summed E-state index contributed by atoms with van der Waals surface area (Å²) in [5, 5.41) is 9.75. The maximum Gasteiger partial charge on any atom is 0.123 e. The highest BCUT2D eigenvalue weighted by Gasteiger charge is 2.39. The average Bonchev–Trinajstić information content (AvgIpc) is 2.51. The molecule has 1 fully saturated rings. The SMILES string of the molecule is CC1=C2CC[C@H](O)[C@@H]2[C@H](C=O)CC1. The lowest BCUT2D eigenvalue weighted by Gasteiger charge is -2.29. The van der Waals surface area contributed by atoms with Gasteiger partial charge in [-0.3, -0.25) is 0 Å². The van der Waals surface area contributed by atoms with Crippen molar-refractivity contribution in [3.05, 3.63) is 11.1 Å². The predicted octanol–water partition coefficient (Wildman–Crippen LogP) is 1.68. The van der Waals surface area contributed by atoms with E-state index in [2.05, 4.69) is 6.92 Å². The largest absolute Gasteiger partial charge is 0.392 e. The Hall–Kier alpha value is -0.630. The number of hydrogen-bond donors (Lipinski definition) is 1. The van der Waals surface area contributed by atoms with Crippen LogP contribution in [0.2, 0.25) is 0 Å². The van der Waals surface area contributed by atoms with Gasteiger partial charge in [-0.15, -0.1) is 0 Å². The summed E-state index contributed by atoms with van der Waals surface area (Å²) in [5.74, 6) is 0.238. The van der Waals surface area contributed by atoms with Gasteiger partial charge in [-0.05, 0) is 32.6 Å². The minimum atomic E-state index is -0.263. The fourth-order valence-electron chi connectivity index (χ4n) is 2.80. The lowest BCUT2D eigenvalue weighted by molar-refractivity contribution is -0.113. The van der Waals surface area contributed by atoms with Gasteiger partial charge in [0.25, 0.3) is 0 Å². The van der Waals surface area contributed by atoms with Crippen LogP contribution in [-0.2, 0) is 4.79 Å². The van der Waals surface area contributed by atoms with Crippen LogP contribution in [0, 0.1) is 11.8 Å². The monoisotopic (exact) mass is 180 g/mol. The summed E-state index contributed by atoms with van der Waals surface area (Å²) >= 11 is 0. The van der Waals surface area contributed by atoms with Gasteiger partial charge in [0.1, 0.15) is 6.29 Å². The van der Waals surface area contributed by atoms with Crippen molar-refractivity contribution in [2.24, 2.45) is 11.8 Å². The molecule has 2 nitrogen and oxygen atoms in total. The Labute approximate surface area is 78.6 Å². The first-order valence-electron chi connectivity index (χ1n) is 5.06. The van der Waals surface area contributed by atoms with E-state index < -0.39 is 0 Å². The molecule has 0 aromatic carbocycles. The second-order valence-electron chi connectivity index (χ2n) is 4.28. The molecule has 2 aliphatic carbocycles.